The van der Waals surface area contributed by atoms with Gasteiger partial charge in [-0.3, -0.25) is 19.6 Å². The zero-order valence-electron chi connectivity index (χ0n) is 11.4. The van der Waals surface area contributed by atoms with Gasteiger partial charge in [-0.1, -0.05) is 12.1 Å². The van der Waals surface area contributed by atoms with Crippen LogP contribution in [0.3, 0.4) is 0 Å². The highest BCUT2D eigenvalue weighted by atomic mass is 16.2. The van der Waals surface area contributed by atoms with Crippen LogP contribution in [0, 0.1) is 0 Å². The first-order chi connectivity index (χ1) is 10.7. The standard InChI is InChI=1S/C15H11N5O2/c21-13-8-20(12-4-2-1-3-11(12)18-13)15(22)10-5-9-7-17-19-14(9)16-6-10/h1-7H,8H2,(H,18,21)(H,16,17,19). The van der Waals surface area contributed by atoms with Gasteiger partial charge in [0.2, 0.25) is 5.91 Å². The molecule has 0 saturated heterocycles. The molecule has 3 aromatic rings. The third-order valence-electron chi connectivity index (χ3n) is 3.55. The Morgan fingerprint density at radius 3 is 3.00 bits per heavy atom. The fourth-order valence-corrected chi connectivity index (χ4v) is 2.52. The summed E-state index contributed by atoms with van der Waals surface area (Å²) >= 11 is 0. The predicted molar refractivity (Wildman–Crippen MR) is 80.6 cm³/mol. The van der Waals surface area contributed by atoms with E-state index in [1.807, 2.05) is 12.1 Å². The van der Waals surface area contributed by atoms with Crippen molar-refractivity contribution in [2.45, 2.75) is 0 Å². The second kappa shape index (κ2) is 4.66. The number of amides is 2. The molecular weight excluding hydrogens is 282 g/mol. The molecule has 2 N–H and O–H groups in total. The van der Waals surface area contributed by atoms with E-state index in [0.717, 1.165) is 5.39 Å². The first-order valence-corrected chi connectivity index (χ1v) is 6.72. The first-order valence-electron chi connectivity index (χ1n) is 6.72. The molecule has 7 nitrogen and oxygen atoms in total. The molecule has 0 saturated carbocycles. The van der Waals surface area contributed by atoms with Gasteiger partial charge in [0.05, 0.1) is 23.1 Å². The zero-order valence-corrected chi connectivity index (χ0v) is 11.4. The smallest absolute Gasteiger partial charge is 0.260 e. The number of benzene rings is 1. The summed E-state index contributed by atoms with van der Waals surface area (Å²) in [4.78, 5) is 30.2. The molecule has 4 rings (SSSR count). The van der Waals surface area contributed by atoms with E-state index >= 15 is 0 Å². The number of para-hydroxylation sites is 2. The molecule has 3 heterocycles. The largest absolute Gasteiger partial charge is 0.323 e. The maximum absolute atomic E-state index is 12.7. The number of nitrogens with zero attached hydrogens (tertiary/aromatic N) is 3. The lowest BCUT2D eigenvalue weighted by Gasteiger charge is -2.29. The first kappa shape index (κ1) is 12.5. The van der Waals surface area contributed by atoms with Crippen LogP contribution in [0.4, 0.5) is 11.4 Å². The Morgan fingerprint density at radius 2 is 2.09 bits per heavy atom. The number of hydrogen-bond acceptors (Lipinski definition) is 4. The van der Waals surface area contributed by atoms with Crippen molar-refractivity contribution in [2.75, 3.05) is 16.8 Å². The topological polar surface area (TPSA) is 91.0 Å². The van der Waals surface area contributed by atoms with Crippen molar-refractivity contribution in [2.24, 2.45) is 0 Å². The van der Waals surface area contributed by atoms with Crippen LogP contribution in [0.5, 0.6) is 0 Å². The Bertz CT molecular complexity index is 902. The molecule has 1 aliphatic rings. The van der Waals surface area contributed by atoms with Crippen molar-refractivity contribution >= 4 is 34.2 Å². The molecule has 0 spiro atoms. The van der Waals surface area contributed by atoms with Crippen molar-refractivity contribution in [3.05, 3.63) is 48.3 Å². The van der Waals surface area contributed by atoms with E-state index in [1.54, 1.807) is 24.4 Å². The minimum Gasteiger partial charge on any atom is -0.323 e. The van der Waals surface area contributed by atoms with Crippen LogP contribution >= 0.6 is 0 Å². The van der Waals surface area contributed by atoms with Gasteiger partial charge in [0.25, 0.3) is 5.91 Å². The van der Waals surface area contributed by atoms with E-state index in [9.17, 15) is 9.59 Å². The van der Waals surface area contributed by atoms with E-state index in [4.69, 9.17) is 0 Å². The Morgan fingerprint density at radius 1 is 1.23 bits per heavy atom. The van der Waals surface area contributed by atoms with Gasteiger partial charge in [-0.2, -0.15) is 5.10 Å². The number of aromatic amines is 1. The molecule has 1 aromatic carbocycles. The van der Waals surface area contributed by atoms with E-state index in [-0.39, 0.29) is 18.4 Å². The fraction of sp³-hybridized carbons (Fsp3) is 0.0667. The number of rotatable bonds is 1. The quantitative estimate of drug-likeness (QED) is 0.712. The highest BCUT2D eigenvalue weighted by molar-refractivity contribution is 6.15. The molecule has 2 amide bonds. The second-order valence-electron chi connectivity index (χ2n) is 4.99. The minimum atomic E-state index is -0.266. The Hall–Kier alpha value is -3.22. The molecule has 1 aliphatic heterocycles. The molecule has 0 unspecified atom stereocenters. The van der Waals surface area contributed by atoms with E-state index in [1.165, 1.54) is 11.1 Å². The Labute approximate surface area is 125 Å². The third-order valence-corrected chi connectivity index (χ3v) is 3.55. The molecular formula is C15H11N5O2. The lowest BCUT2D eigenvalue weighted by atomic mass is 10.1. The monoisotopic (exact) mass is 293 g/mol. The number of carbonyl (C=O) groups excluding carboxylic acids is 2. The maximum Gasteiger partial charge on any atom is 0.260 e. The molecule has 7 heteroatoms. The number of pyridine rings is 1. The molecule has 0 atom stereocenters. The summed E-state index contributed by atoms with van der Waals surface area (Å²) in [6.45, 7) is -0.0146. The minimum absolute atomic E-state index is 0.0146. The summed E-state index contributed by atoms with van der Waals surface area (Å²) in [5.74, 6) is -0.484. The van der Waals surface area contributed by atoms with Crippen molar-refractivity contribution in [1.29, 1.82) is 0 Å². The number of carbonyl (C=O) groups is 2. The number of fused-ring (bicyclic) bond motifs is 2. The molecule has 0 radical (unpaired) electrons. The van der Waals surface area contributed by atoms with Crippen LogP contribution in [-0.2, 0) is 4.79 Å². The highest BCUT2D eigenvalue weighted by Gasteiger charge is 2.27. The van der Waals surface area contributed by atoms with Crippen molar-refractivity contribution in [3.63, 3.8) is 0 Å². The van der Waals surface area contributed by atoms with E-state index < -0.39 is 0 Å². The third kappa shape index (κ3) is 1.91. The highest BCUT2D eigenvalue weighted by Crippen LogP contribution is 2.30. The van der Waals surface area contributed by atoms with Crippen molar-refractivity contribution < 1.29 is 9.59 Å². The van der Waals surface area contributed by atoms with Crippen molar-refractivity contribution in [1.82, 2.24) is 15.2 Å². The number of anilines is 2. The SMILES string of the molecule is O=C1CN(C(=O)c2cnc3[nH]ncc3c2)c2ccccc2N1. The predicted octanol–water partition coefficient (Wildman–Crippen LogP) is 1.56. The lowest BCUT2D eigenvalue weighted by molar-refractivity contribution is -0.115. The van der Waals surface area contributed by atoms with Crippen LogP contribution in [0.25, 0.3) is 11.0 Å². The van der Waals surface area contributed by atoms with Crippen LogP contribution in [0.2, 0.25) is 0 Å². The van der Waals surface area contributed by atoms with Gasteiger partial charge in [-0.25, -0.2) is 4.98 Å². The van der Waals surface area contributed by atoms with E-state index in [2.05, 4.69) is 20.5 Å². The van der Waals surface area contributed by atoms with Gasteiger partial charge < -0.3 is 5.32 Å². The van der Waals surface area contributed by atoms with E-state index in [0.29, 0.717) is 22.6 Å². The van der Waals surface area contributed by atoms with Crippen LogP contribution in [-0.4, -0.2) is 33.5 Å². The normalized spacial score (nSPS) is 13.8. The maximum atomic E-state index is 12.7. The Kier molecular flexibility index (Phi) is 2.65. The summed E-state index contributed by atoms with van der Waals surface area (Å²) in [5.41, 5.74) is 2.34. The summed E-state index contributed by atoms with van der Waals surface area (Å²) < 4.78 is 0. The molecule has 22 heavy (non-hydrogen) atoms. The summed E-state index contributed by atoms with van der Waals surface area (Å²) in [6.07, 6.45) is 3.09. The number of hydrogen-bond donors (Lipinski definition) is 2. The molecule has 2 aromatic heterocycles. The van der Waals surface area contributed by atoms with Crippen molar-refractivity contribution in [3.8, 4) is 0 Å². The van der Waals surface area contributed by atoms with Gasteiger partial charge >= 0.3 is 0 Å². The summed E-state index contributed by atoms with van der Waals surface area (Å²) in [7, 11) is 0. The molecule has 108 valence electrons. The Balaban J connectivity index is 1.77. The fourth-order valence-electron chi connectivity index (χ4n) is 2.52. The summed E-state index contributed by atoms with van der Waals surface area (Å²) in [6, 6.07) is 8.92. The average Bonchev–Trinajstić information content (AvgIpc) is 3.00. The number of H-pyrrole nitrogens is 1. The zero-order chi connectivity index (χ0) is 15.1. The van der Waals surface area contributed by atoms with Gasteiger partial charge in [-0.05, 0) is 18.2 Å². The molecule has 0 fully saturated rings. The van der Waals surface area contributed by atoms with Gasteiger partial charge in [0, 0.05) is 11.6 Å². The molecule has 0 aliphatic carbocycles. The number of aromatic nitrogens is 3. The van der Waals surface area contributed by atoms with Gasteiger partial charge in [-0.15, -0.1) is 0 Å². The summed E-state index contributed by atoms with van der Waals surface area (Å²) in [5, 5.41) is 10.1. The number of nitrogens with one attached hydrogen (secondary N) is 2. The van der Waals surface area contributed by atoms with Crippen LogP contribution < -0.4 is 10.2 Å². The van der Waals surface area contributed by atoms with Crippen LogP contribution in [0.1, 0.15) is 10.4 Å². The van der Waals surface area contributed by atoms with Gasteiger partial charge in [0.15, 0.2) is 5.65 Å². The molecule has 0 bridgehead atoms. The van der Waals surface area contributed by atoms with Gasteiger partial charge in [0.1, 0.15) is 6.54 Å². The van der Waals surface area contributed by atoms with Crippen LogP contribution in [0.15, 0.2) is 42.7 Å². The average molecular weight is 293 g/mol. The lowest BCUT2D eigenvalue weighted by Crippen LogP contribution is -2.42. The second-order valence-corrected chi connectivity index (χ2v) is 4.99.